The Hall–Kier alpha value is -0.830. The highest BCUT2D eigenvalue weighted by molar-refractivity contribution is 9.10. The monoisotopic (exact) mass is 244 g/mol. The summed E-state index contributed by atoms with van der Waals surface area (Å²) in [5, 5.41) is 0. The Balaban J connectivity index is 2.69. The van der Waals surface area contributed by atoms with Crippen LogP contribution < -0.4 is 4.74 Å². The normalized spacial score (nSPS) is 10.7. The van der Waals surface area contributed by atoms with E-state index in [1.807, 2.05) is 19.1 Å². The molecule has 0 spiro atoms. The number of hydrogen-bond acceptors (Lipinski definition) is 1. The summed E-state index contributed by atoms with van der Waals surface area (Å²) in [6, 6.07) is 4.62. The van der Waals surface area contributed by atoms with E-state index in [2.05, 4.69) is 15.9 Å². The summed E-state index contributed by atoms with van der Waals surface area (Å²) in [6.07, 6.45) is 3.68. The van der Waals surface area contributed by atoms with Gasteiger partial charge in [0, 0.05) is 4.47 Å². The zero-order valence-electron chi connectivity index (χ0n) is 7.26. The minimum atomic E-state index is -0.340. The molecule has 0 aliphatic rings. The summed E-state index contributed by atoms with van der Waals surface area (Å²) < 4.78 is 19.0. The molecule has 0 N–H and O–H groups in total. The van der Waals surface area contributed by atoms with Gasteiger partial charge in [-0.2, -0.15) is 0 Å². The van der Waals surface area contributed by atoms with Crippen LogP contribution in [0, 0.1) is 5.82 Å². The van der Waals surface area contributed by atoms with E-state index in [0.717, 1.165) is 4.47 Å². The Bertz CT molecular complexity index is 310. The maximum Gasteiger partial charge on any atom is 0.165 e. The highest BCUT2D eigenvalue weighted by Gasteiger charge is 2.01. The van der Waals surface area contributed by atoms with Crippen molar-refractivity contribution in [1.29, 1.82) is 0 Å². The van der Waals surface area contributed by atoms with Crippen molar-refractivity contribution < 1.29 is 9.13 Å². The SMILES string of the molecule is C/C=C/COc1cc(Br)ccc1F. The third kappa shape index (κ3) is 3.19. The van der Waals surface area contributed by atoms with Crippen molar-refractivity contribution in [2.24, 2.45) is 0 Å². The van der Waals surface area contributed by atoms with E-state index >= 15 is 0 Å². The van der Waals surface area contributed by atoms with Crippen LogP contribution >= 0.6 is 15.9 Å². The van der Waals surface area contributed by atoms with Crippen molar-refractivity contribution >= 4 is 15.9 Å². The quantitative estimate of drug-likeness (QED) is 0.740. The van der Waals surface area contributed by atoms with Gasteiger partial charge in [0.15, 0.2) is 11.6 Å². The summed E-state index contributed by atoms with van der Waals surface area (Å²) >= 11 is 3.24. The van der Waals surface area contributed by atoms with Gasteiger partial charge in [-0.05, 0) is 25.1 Å². The lowest BCUT2D eigenvalue weighted by atomic mass is 10.3. The largest absolute Gasteiger partial charge is 0.486 e. The van der Waals surface area contributed by atoms with Gasteiger partial charge in [0.1, 0.15) is 6.61 Å². The van der Waals surface area contributed by atoms with E-state index in [1.54, 1.807) is 12.1 Å². The molecule has 0 aliphatic carbocycles. The standard InChI is InChI=1S/C10H10BrFO/c1-2-3-6-13-10-7-8(11)4-5-9(10)12/h2-5,7H,6H2,1H3/b3-2+. The fourth-order valence-corrected chi connectivity index (χ4v) is 1.16. The Morgan fingerprint density at radius 3 is 3.00 bits per heavy atom. The zero-order chi connectivity index (χ0) is 9.68. The van der Waals surface area contributed by atoms with E-state index in [0.29, 0.717) is 6.61 Å². The lowest BCUT2D eigenvalue weighted by Gasteiger charge is -2.04. The Kier molecular flexibility index (Phi) is 3.96. The molecule has 1 aromatic rings. The van der Waals surface area contributed by atoms with Crippen LogP contribution in [-0.4, -0.2) is 6.61 Å². The number of rotatable bonds is 3. The van der Waals surface area contributed by atoms with Crippen molar-refractivity contribution in [2.45, 2.75) is 6.92 Å². The zero-order valence-corrected chi connectivity index (χ0v) is 8.84. The highest BCUT2D eigenvalue weighted by Crippen LogP contribution is 2.21. The van der Waals surface area contributed by atoms with Crippen LogP contribution in [0.5, 0.6) is 5.75 Å². The molecule has 1 nitrogen and oxygen atoms in total. The Labute approximate surface area is 85.3 Å². The molecule has 0 fully saturated rings. The molecule has 0 saturated carbocycles. The van der Waals surface area contributed by atoms with E-state index in [4.69, 9.17) is 4.74 Å². The van der Waals surface area contributed by atoms with Crippen molar-refractivity contribution in [3.63, 3.8) is 0 Å². The molecule has 0 radical (unpaired) electrons. The summed E-state index contributed by atoms with van der Waals surface area (Å²) in [5.41, 5.74) is 0. The topological polar surface area (TPSA) is 9.23 Å². The van der Waals surface area contributed by atoms with Crippen LogP contribution in [0.1, 0.15) is 6.92 Å². The van der Waals surface area contributed by atoms with Crippen LogP contribution in [-0.2, 0) is 0 Å². The molecule has 0 unspecified atom stereocenters. The van der Waals surface area contributed by atoms with Crippen LogP contribution in [0.4, 0.5) is 4.39 Å². The van der Waals surface area contributed by atoms with Gasteiger partial charge in [-0.15, -0.1) is 0 Å². The third-order valence-corrected chi connectivity index (χ3v) is 1.96. The summed E-state index contributed by atoms with van der Waals surface area (Å²) in [5.74, 6) is -0.0693. The van der Waals surface area contributed by atoms with Crippen LogP contribution in [0.2, 0.25) is 0 Å². The van der Waals surface area contributed by atoms with Gasteiger partial charge >= 0.3 is 0 Å². The summed E-state index contributed by atoms with van der Waals surface area (Å²) in [7, 11) is 0. The van der Waals surface area contributed by atoms with Crippen molar-refractivity contribution in [3.05, 3.63) is 40.6 Å². The number of halogens is 2. The molecule has 0 atom stereocenters. The van der Waals surface area contributed by atoms with E-state index < -0.39 is 0 Å². The number of hydrogen-bond donors (Lipinski definition) is 0. The van der Waals surface area contributed by atoms with Gasteiger partial charge in [-0.1, -0.05) is 28.1 Å². The molecular weight excluding hydrogens is 235 g/mol. The van der Waals surface area contributed by atoms with E-state index in [9.17, 15) is 4.39 Å². The molecule has 1 aromatic carbocycles. The molecule has 13 heavy (non-hydrogen) atoms. The van der Waals surface area contributed by atoms with Gasteiger partial charge < -0.3 is 4.74 Å². The predicted octanol–water partition coefficient (Wildman–Crippen LogP) is 3.54. The van der Waals surface area contributed by atoms with Gasteiger partial charge in [-0.25, -0.2) is 4.39 Å². The first-order valence-corrected chi connectivity index (χ1v) is 4.72. The number of allylic oxidation sites excluding steroid dienone is 1. The minimum absolute atomic E-state index is 0.271. The summed E-state index contributed by atoms with van der Waals surface area (Å²) in [6.45, 7) is 2.28. The fraction of sp³-hybridized carbons (Fsp3) is 0.200. The molecule has 70 valence electrons. The molecule has 0 bridgehead atoms. The van der Waals surface area contributed by atoms with Crippen molar-refractivity contribution in [3.8, 4) is 5.75 Å². The Morgan fingerprint density at radius 2 is 2.31 bits per heavy atom. The fourth-order valence-electron chi connectivity index (χ4n) is 0.822. The predicted molar refractivity (Wildman–Crippen MR) is 54.4 cm³/mol. The molecule has 0 saturated heterocycles. The van der Waals surface area contributed by atoms with Crippen molar-refractivity contribution in [1.82, 2.24) is 0 Å². The Morgan fingerprint density at radius 1 is 1.54 bits per heavy atom. The second-order valence-electron chi connectivity index (χ2n) is 2.45. The average molecular weight is 245 g/mol. The molecule has 0 aromatic heterocycles. The van der Waals surface area contributed by atoms with Crippen LogP contribution in [0.15, 0.2) is 34.8 Å². The van der Waals surface area contributed by atoms with Crippen LogP contribution in [0.25, 0.3) is 0 Å². The maximum atomic E-state index is 13.0. The van der Waals surface area contributed by atoms with Gasteiger partial charge in [0.25, 0.3) is 0 Å². The van der Waals surface area contributed by atoms with E-state index in [1.165, 1.54) is 6.07 Å². The first-order chi connectivity index (χ1) is 6.24. The number of benzene rings is 1. The highest BCUT2D eigenvalue weighted by atomic mass is 79.9. The second-order valence-corrected chi connectivity index (χ2v) is 3.37. The summed E-state index contributed by atoms with van der Waals surface area (Å²) in [4.78, 5) is 0. The molecule has 1 rings (SSSR count). The lowest BCUT2D eigenvalue weighted by Crippen LogP contribution is -1.95. The lowest BCUT2D eigenvalue weighted by molar-refractivity contribution is 0.341. The van der Waals surface area contributed by atoms with Crippen LogP contribution in [0.3, 0.4) is 0 Å². The first kappa shape index (κ1) is 10.3. The number of ether oxygens (including phenoxy) is 1. The van der Waals surface area contributed by atoms with Crippen molar-refractivity contribution in [2.75, 3.05) is 6.61 Å². The molecule has 0 amide bonds. The van der Waals surface area contributed by atoms with Gasteiger partial charge in [-0.3, -0.25) is 0 Å². The maximum absolute atomic E-state index is 13.0. The minimum Gasteiger partial charge on any atom is -0.486 e. The first-order valence-electron chi connectivity index (χ1n) is 3.93. The molecular formula is C10H10BrFO. The van der Waals surface area contributed by atoms with Gasteiger partial charge in [0.05, 0.1) is 0 Å². The smallest absolute Gasteiger partial charge is 0.165 e. The van der Waals surface area contributed by atoms with Gasteiger partial charge in [0.2, 0.25) is 0 Å². The molecule has 0 aliphatic heterocycles. The average Bonchev–Trinajstić information content (AvgIpc) is 2.11. The molecule has 3 heteroatoms. The molecule has 0 heterocycles. The third-order valence-electron chi connectivity index (χ3n) is 1.46. The van der Waals surface area contributed by atoms with E-state index in [-0.39, 0.29) is 11.6 Å². The second kappa shape index (κ2) is 5.02.